The summed E-state index contributed by atoms with van der Waals surface area (Å²) < 4.78 is 51.3. The highest BCUT2D eigenvalue weighted by Gasteiger charge is 2.25. The molecule has 204 valence electrons. The van der Waals surface area contributed by atoms with Crippen molar-refractivity contribution in [2.45, 2.75) is 31.9 Å². The molecule has 0 radical (unpaired) electrons. The minimum atomic E-state index is -2.92. The van der Waals surface area contributed by atoms with Gasteiger partial charge in [-0.3, -0.25) is 4.79 Å². The van der Waals surface area contributed by atoms with Crippen LogP contribution in [-0.4, -0.2) is 54.7 Å². The summed E-state index contributed by atoms with van der Waals surface area (Å²) in [6.07, 6.45) is 1.30. The van der Waals surface area contributed by atoms with E-state index < -0.39 is 18.1 Å². The number of benzene rings is 2. The molecule has 1 fully saturated rings. The quantitative estimate of drug-likeness (QED) is 0.250. The maximum atomic E-state index is 15.1. The Morgan fingerprint density at radius 1 is 1.08 bits per heavy atom. The van der Waals surface area contributed by atoms with Crippen LogP contribution in [0.25, 0.3) is 22.8 Å². The number of likely N-dealkylation sites (tertiary alicyclic amines) is 1. The molecule has 1 aliphatic rings. The van der Waals surface area contributed by atoms with E-state index in [1.54, 1.807) is 6.26 Å². The Hall–Kier alpha value is -4.12. The van der Waals surface area contributed by atoms with Crippen molar-refractivity contribution in [3.05, 3.63) is 72.1 Å². The predicted octanol–water partition coefficient (Wildman–Crippen LogP) is 5.77. The standard InChI is InChI=1S/C28H28F3N5O3/c1-34-11-9-21(10-12-34)35(2)24-15-18(25-4-3-13-38-25)7-8-23(24)36(17-37)16-20-6-5-19(14-22(20)29)27-32-33-28(39-27)26(30)31/h3-8,13-15,17,21,26H,9-12,16H2,1-2H3. The van der Waals surface area contributed by atoms with E-state index in [0.29, 0.717) is 17.9 Å². The normalized spacial score (nSPS) is 14.6. The van der Waals surface area contributed by atoms with Gasteiger partial charge in [-0.15, -0.1) is 10.2 Å². The van der Waals surface area contributed by atoms with Gasteiger partial charge in [0, 0.05) is 29.8 Å². The maximum absolute atomic E-state index is 15.1. The number of halogens is 3. The van der Waals surface area contributed by atoms with Crippen molar-refractivity contribution in [2.24, 2.45) is 0 Å². The van der Waals surface area contributed by atoms with Gasteiger partial charge in [0.1, 0.15) is 11.6 Å². The molecule has 1 saturated heterocycles. The smallest absolute Gasteiger partial charge is 0.314 e. The van der Waals surface area contributed by atoms with Crippen LogP contribution in [0.15, 0.2) is 63.6 Å². The number of anilines is 2. The van der Waals surface area contributed by atoms with E-state index in [9.17, 15) is 13.6 Å². The fourth-order valence-corrected chi connectivity index (χ4v) is 4.83. The lowest BCUT2D eigenvalue weighted by molar-refractivity contribution is -0.107. The van der Waals surface area contributed by atoms with E-state index in [-0.39, 0.29) is 29.6 Å². The van der Waals surface area contributed by atoms with E-state index in [1.807, 2.05) is 37.4 Å². The minimum absolute atomic E-state index is 0.0456. The molecule has 1 amide bonds. The number of aromatic nitrogens is 2. The zero-order valence-electron chi connectivity index (χ0n) is 21.6. The molecule has 8 nitrogen and oxygen atoms in total. The Balaban J connectivity index is 1.45. The van der Waals surface area contributed by atoms with E-state index >= 15 is 4.39 Å². The number of hydrogen-bond donors (Lipinski definition) is 0. The summed E-state index contributed by atoms with van der Waals surface area (Å²) >= 11 is 0. The first-order valence-electron chi connectivity index (χ1n) is 12.6. The number of rotatable bonds is 9. The second-order valence-corrected chi connectivity index (χ2v) is 9.61. The van der Waals surface area contributed by atoms with Gasteiger partial charge in [0.2, 0.25) is 12.3 Å². The molecular weight excluding hydrogens is 511 g/mol. The lowest BCUT2D eigenvalue weighted by Crippen LogP contribution is -2.42. The van der Waals surface area contributed by atoms with Crippen LogP contribution >= 0.6 is 0 Å². The monoisotopic (exact) mass is 539 g/mol. The lowest BCUT2D eigenvalue weighted by atomic mass is 10.0. The van der Waals surface area contributed by atoms with Crippen molar-refractivity contribution < 1.29 is 26.8 Å². The van der Waals surface area contributed by atoms with Crippen molar-refractivity contribution in [1.29, 1.82) is 0 Å². The number of hydrogen-bond acceptors (Lipinski definition) is 7. The molecule has 0 unspecified atom stereocenters. The molecule has 0 spiro atoms. The molecule has 4 aromatic rings. The van der Waals surface area contributed by atoms with Crippen LogP contribution < -0.4 is 9.80 Å². The summed E-state index contributed by atoms with van der Waals surface area (Å²) in [5.74, 6) is -0.970. The highest BCUT2D eigenvalue weighted by atomic mass is 19.3. The Labute approximate surface area is 223 Å². The molecular formula is C28H28F3N5O3. The molecule has 0 N–H and O–H groups in total. The second-order valence-electron chi connectivity index (χ2n) is 9.61. The molecule has 0 atom stereocenters. The number of carbonyl (C=O) groups excluding carboxylic acids is 1. The van der Waals surface area contributed by atoms with Gasteiger partial charge in [-0.25, -0.2) is 4.39 Å². The molecule has 0 aliphatic carbocycles. The van der Waals surface area contributed by atoms with Crippen LogP contribution in [0.1, 0.15) is 30.7 Å². The summed E-state index contributed by atoms with van der Waals surface area (Å²) in [5.41, 5.74) is 2.72. The Morgan fingerprint density at radius 2 is 1.85 bits per heavy atom. The number of amides is 1. The Bertz CT molecular complexity index is 1420. The summed E-state index contributed by atoms with van der Waals surface area (Å²) in [6.45, 7) is 1.89. The van der Waals surface area contributed by atoms with Gasteiger partial charge in [-0.1, -0.05) is 6.07 Å². The molecule has 2 aromatic heterocycles. The third kappa shape index (κ3) is 5.68. The Morgan fingerprint density at radius 3 is 2.49 bits per heavy atom. The maximum Gasteiger partial charge on any atom is 0.314 e. The van der Waals surface area contributed by atoms with Crippen molar-refractivity contribution >= 4 is 17.8 Å². The van der Waals surface area contributed by atoms with Gasteiger partial charge in [0.25, 0.3) is 5.89 Å². The number of carbonyl (C=O) groups is 1. The summed E-state index contributed by atoms with van der Waals surface area (Å²) in [6, 6.07) is 13.7. The summed E-state index contributed by atoms with van der Waals surface area (Å²) in [5, 5.41) is 6.85. The fourth-order valence-electron chi connectivity index (χ4n) is 4.83. The third-order valence-corrected chi connectivity index (χ3v) is 7.10. The predicted molar refractivity (Wildman–Crippen MR) is 140 cm³/mol. The molecule has 11 heteroatoms. The SMILES string of the molecule is CN1CCC(N(C)c2cc(-c3ccco3)ccc2N(C=O)Cc2ccc(-c3nnc(C(F)F)o3)cc2F)CC1. The van der Waals surface area contributed by atoms with Crippen LogP contribution in [0.5, 0.6) is 0 Å². The van der Waals surface area contributed by atoms with E-state index in [4.69, 9.17) is 8.83 Å². The highest BCUT2D eigenvalue weighted by Crippen LogP contribution is 2.37. The molecule has 3 heterocycles. The van der Waals surface area contributed by atoms with Crippen LogP contribution in [0.3, 0.4) is 0 Å². The first kappa shape index (κ1) is 26.5. The number of piperidine rings is 1. The molecule has 0 saturated carbocycles. The van der Waals surface area contributed by atoms with Crippen molar-refractivity contribution in [3.63, 3.8) is 0 Å². The average Bonchev–Trinajstić information content (AvgIpc) is 3.66. The molecule has 1 aliphatic heterocycles. The number of nitrogens with zero attached hydrogens (tertiary/aromatic N) is 5. The van der Waals surface area contributed by atoms with Crippen molar-refractivity contribution in [3.8, 4) is 22.8 Å². The Kier molecular flexibility index (Phi) is 7.69. The number of alkyl halides is 2. The molecule has 39 heavy (non-hydrogen) atoms. The topological polar surface area (TPSA) is 78.9 Å². The van der Waals surface area contributed by atoms with Crippen molar-refractivity contribution in [2.75, 3.05) is 37.0 Å². The van der Waals surface area contributed by atoms with Gasteiger partial charge in [0.05, 0.1) is 24.2 Å². The molecule has 0 bridgehead atoms. The zero-order chi connectivity index (χ0) is 27.5. The lowest BCUT2D eigenvalue weighted by Gasteiger charge is -2.38. The van der Waals surface area contributed by atoms with Crippen LogP contribution in [0.4, 0.5) is 24.5 Å². The summed E-state index contributed by atoms with van der Waals surface area (Å²) in [7, 11) is 4.11. The molecule has 2 aromatic carbocycles. The zero-order valence-corrected chi connectivity index (χ0v) is 21.6. The van der Waals surface area contributed by atoms with E-state index in [1.165, 1.54) is 17.0 Å². The third-order valence-electron chi connectivity index (χ3n) is 7.10. The van der Waals surface area contributed by atoms with E-state index in [0.717, 1.165) is 43.2 Å². The largest absolute Gasteiger partial charge is 0.464 e. The van der Waals surface area contributed by atoms with Crippen molar-refractivity contribution in [1.82, 2.24) is 15.1 Å². The average molecular weight is 540 g/mol. The van der Waals surface area contributed by atoms with Gasteiger partial charge in [0.15, 0.2) is 0 Å². The van der Waals surface area contributed by atoms with Gasteiger partial charge in [-0.2, -0.15) is 8.78 Å². The highest BCUT2D eigenvalue weighted by molar-refractivity contribution is 5.86. The summed E-state index contributed by atoms with van der Waals surface area (Å²) in [4.78, 5) is 18.3. The van der Waals surface area contributed by atoms with Gasteiger partial charge < -0.3 is 23.5 Å². The first-order chi connectivity index (χ1) is 18.8. The van der Waals surface area contributed by atoms with Crippen LogP contribution in [-0.2, 0) is 11.3 Å². The number of furan rings is 1. The van der Waals surface area contributed by atoms with Crippen LogP contribution in [0.2, 0.25) is 0 Å². The second kappa shape index (κ2) is 11.3. The first-order valence-corrected chi connectivity index (χ1v) is 12.6. The van der Waals surface area contributed by atoms with Gasteiger partial charge >= 0.3 is 6.43 Å². The van der Waals surface area contributed by atoms with E-state index in [2.05, 4.69) is 27.0 Å². The minimum Gasteiger partial charge on any atom is -0.464 e. The molecule has 5 rings (SSSR count). The van der Waals surface area contributed by atoms with Crippen LogP contribution in [0, 0.1) is 5.82 Å². The van der Waals surface area contributed by atoms with Gasteiger partial charge in [-0.05, 0) is 75.4 Å². The fraction of sp³-hybridized carbons (Fsp3) is 0.321.